The van der Waals surface area contributed by atoms with Crippen molar-refractivity contribution in [1.82, 2.24) is 10.2 Å². The molecular weight excluding hydrogens is 308 g/mol. The number of nitrogens with zero attached hydrogens (tertiary/aromatic N) is 1. The van der Waals surface area contributed by atoms with Crippen molar-refractivity contribution in [3.8, 4) is 0 Å². The summed E-state index contributed by atoms with van der Waals surface area (Å²) >= 11 is 1.39. The predicted octanol–water partition coefficient (Wildman–Crippen LogP) is 1.43. The zero-order valence-corrected chi connectivity index (χ0v) is 14.3. The van der Waals surface area contributed by atoms with E-state index in [1.807, 2.05) is 18.9 Å². The number of nitrogens with one attached hydrogen (secondary N) is 1. The van der Waals surface area contributed by atoms with Gasteiger partial charge in [-0.25, -0.2) is 8.42 Å². The van der Waals surface area contributed by atoms with E-state index in [-0.39, 0.29) is 17.7 Å². The first kappa shape index (κ1) is 16.5. The smallest absolute Gasteiger partial charge is 0.264 e. The molecule has 1 aliphatic rings. The number of likely N-dealkylation sites (N-methyl/N-ethyl adjacent to an activating group) is 1. The second-order valence-electron chi connectivity index (χ2n) is 5.61. The molecule has 0 aliphatic carbocycles. The Balaban J connectivity index is 2.18. The average molecular weight is 330 g/mol. The molecular formula is C14H22N2O3S2. The van der Waals surface area contributed by atoms with Crippen LogP contribution in [0.15, 0.2) is 6.07 Å². The predicted molar refractivity (Wildman–Crippen MR) is 85.6 cm³/mol. The molecule has 5 nitrogen and oxygen atoms in total. The molecule has 0 aromatic carbocycles. The van der Waals surface area contributed by atoms with E-state index in [0.29, 0.717) is 4.88 Å². The molecule has 1 fully saturated rings. The number of carbonyl (C=O) groups is 1. The topological polar surface area (TPSA) is 66.5 Å². The number of amides is 1. The summed E-state index contributed by atoms with van der Waals surface area (Å²) in [4.78, 5) is 16.1. The fourth-order valence-electron chi connectivity index (χ4n) is 2.74. The number of hydrogen-bond acceptors (Lipinski definition) is 5. The van der Waals surface area contributed by atoms with Crippen molar-refractivity contribution in [1.29, 1.82) is 0 Å². The molecule has 0 radical (unpaired) electrons. The summed E-state index contributed by atoms with van der Waals surface area (Å²) in [6.45, 7) is 3.45. The minimum Gasteiger partial charge on any atom is -0.334 e. The summed E-state index contributed by atoms with van der Waals surface area (Å²) < 4.78 is 22.9. The van der Waals surface area contributed by atoms with Gasteiger partial charge < -0.3 is 10.2 Å². The Morgan fingerprint density at radius 2 is 2.24 bits per heavy atom. The minimum absolute atomic E-state index is 0.00254. The number of sulfone groups is 1. The lowest BCUT2D eigenvalue weighted by atomic mass is 10.2. The zero-order valence-electron chi connectivity index (χ0n) is 12.7. The summed E-state index contributed by atoms with van der Waals surface area (Å²) in [5, 5.41) is 3.12. The molecule has 1 atom stereocenters. The monoisotopic (exact) mass is 330 g/mol. The van der Waals surface area contributed by atoms with Crippen LogP contribution < -0.4 is 5.32 Å². The highest BCUT2D eigenvalue weighted by Gasteiger charge is 2.30. The number of hydrogen-bond donors (Lipinski definition) is 1. The Kier molecular flexibility index (Phi) is 5.06. The van der Waals surface area contributed by atoms with Crippen LogP contribution in [-0.2, 0) is 15.6 Å². The van der Waals surface area contributed by atoms with E-state index >= 15 is 0 Å². The van der Waals surface area contributed by atoms with E-state index in [0.717, 1.165) is 36.4 Å². The van der Waals surface area contributed by atoms with Gasteiger partial charge in [0.25, 0.3) is 5.91 Å². The van der Waals surface area contributed by atoms with Crippen LogP contribution in [0.4, 0.5) is 0 Å². The zero-order chi connectivity index (χ0) is 15.6. The fraction of sp³-hybridized carbons (Fsp3) is 0.643. The maximum Gasteiger partial charge on any atom is 0.264 e. The Morgan fingerprint density at radius 1 is 1.52 bits per heavy atom. The number of rotatable bonds is 5. The van der Waals surface area contributed by atoms with Gasteiger partial charge in [0.2, 0.25) is 0 Å². The third-order valence-corrected chi connectivity index (χ3v) is 5.64. The van der Waals surface area contributed by atoms with Crippen molar-refractivity contribution in [3.05, 3.63) is 21.4 Å². The summed E-state index contributed by atoms with van der Waals surface area (Å²) in [5.41, 5.74) is 0.746. The molecule has 1 aliphatic heterocycles. The summed E-state index contributed by atoms with van der Waals surface area (Å²) in [6.07, 6.45) is 3.26. The van der Waals surface area contributed by atoms with Gasteiger partial charge in [-0.05, 0) is 38.4 Å². The third kappa shape index (κ3) is 4.05. The minimum atomic E-state index is -3.08. The van der Waals surface area contributed by atoms with Crippen LogP contribution in [0.3, 0.4) is 0 Å². The van der Waals surface area contributed by atoms with Crippen LogP contribution in [0.5, 0.6) is 0 Å². The van der Waals surface area contributed by atoms with E-state index in [2.05, 4.69) is 5.32 Å². The van der Waals surface area contributed by atoms with Gasteiger partial charge in [-0.1, -0.05) is 0 Å². The van der Waals surface area contributed by atoms with Gasteiger partial charge >= 0.3 is 0 Å². The Hall–Kier alpha value is -0.920. The molecule has 1 unspecified atom stereocenters. The number of likely N-dealkylation sites (tertiary alicyclic amines) is 1. The highest BCUT2D eigenvalue weighted by atomic mass is 32.2. The first-order valence-corrected chi connectivity index (χ1v) is 9.92. The summed E-state index contributed by atoms with van der Waals surface area (Å²) in [6, 6.07) is 1.99. The van der Waals surface area contributed by atoms with Crippen LogP contribution in [0, 0.1) is 6.92 Å². The quantitative estimate of drug-likeness (QED) is 0.887. The third-order valence-electron chi connectivity index (χ3n) is 3.73. The van der Waals surface area contributed by atoms with Crippen LogP contribution >= 0.6 is 11.3 Å². The van der Waals surface area contributed by atoms with E-state index in [4.69, 9.17) is 0 Å². The molecule has 1 N–H and O–H groups in total. The first-order valence-electron chi connectivity index (χ1n) is 7.04. The molecule has 1 amide bonds. The van der Waals surface area contributed by atoms with Gasteiger partial charge in [0.15, 0.2) is 9.84 Å². The largest absolute Gasteiger partial charge is 0.334 e. The van der Waals surface area contributed by atoms with Gasteiger partial charge in [-0.2, -0.15) is 0 Å². The van der Waals surface area contributed by atoms with Crippen LogP contribution in [-0.4, -0.2) is 51.7 Å². The molecule has 0 spiro atoms. The molecule has 0 bridgehead atoms. The standard InChI is InChI=1S/C14H22N2O3S2/c1-10-11(9-21(3,18)19)7-13(20-10)14(17)16-6-4-5-12(16)8-15-2/h7,12,15H,4-6,8-9H2,1-3H3. The number of thiophene rings is 1. The molecule has 1 aromatic rings. The summed E-state index contributed by atoms with van der Waals surface area (Å²) in [5.74, 6) is 0.0309. The molecule has 1 aromatic heterocycles. The van der Waals surface area contributed by atoms with Gasteiger partial charge in [0, 0.05) is 30.3 Å². The van der Waals surface area contributed by atoms with Crippen molar-refractivity contribution in [3.63, 3.8) is 0 Å². The lowest BCUT2D eigenvalue weighted by molar-refractivity contribution is 0.0742. The van der Waals surface area contributed by atoms with Gasteiger partial charge in [0.05, 0.1) is 10.6 Å². The molecule has 118 valence electrons. The fourth-order valence-corrected chi connectivity index (χ4v) is 4.70. The number of carbonyl (C=O) groups excluding carboxylic acids is 1. The lowest BCUT2D eigenvalue weighted by Gasteiger charge is -2.23. The maximum absolute atomic E-state index is 12.6. The maximum atomic E-state index is 12.6. The van der Waals surface area contributed by atoms with E-state index in [1.165, 1.54) is 17.6 Å². The molecule has 2 rings (SSSR count). The first-order chi connectivity index (χ1) is 9.81. The average Bonchev–Trinajstić information content (AvgIpc) is 2.95. The van der Waals surface area contributed by atoms with E-state index in [1.54, 1.807) is 6.07 Å². The van der Waals surface area contributed by atoms with Crippen molar-refractivity contribution in [2.45, 2.75) is 31.6 Å². The van der Waals surface area contributed by atoms with Gasteiger partial charge in [0.1, 0.15) is 0 Å². The van der Waals surface area contributed by atoms with Crippen molar-refractivity contribution in [2.75, 3.05) is 26.4 Å². The summed E-state index contributed by atoms with van der Waals surface area (Å²) in [7, 11) is -1.19. The molecule has 1 saturated heterocycles. The molecule has 7 heteroatoms. The highest BCUT2D eigenvalue weighted by Crippen LogP contribution is 2.27. The van der Waals surface area contributed by atoms with Gasteiger partial charge in [-0.3, -0.25) is 4.79 Å². The molecule has 2 heterocycles. The van der Waals surface area contributed by atoms with Crippen LogP contribution in [0.1, 0.15) is 33.0 Å². The van der Waals surface area contributed by atoms with E-state index in [9.17, 15) is 13.2 Å². The SMILES string of the molecule is CNCC1CCCN1C(=O)c1cc(CS(C)(=O)=O)c(C)s1. The normalized spacial score (nSPS) is 19.2. The lowest BCUT2D eigenvalue weighted by Crippen LogP contribution is -2.40. The van der Waals surface area contributed by atoms with Crippen LogP contribution in [0.25, 0.3) is 0 Å². The van der Waals surface area contributed by atoms with E-state index < -0.39 is 9.84 Å². The Labute approximate surface area is 130 Å². The van der Waals surface area contributed by atoms with Crippen LogP contribution in [0.2, 0.25) is 0 Å². The highest BCUT2D eigenvalue weighted by molar-refractivity contribution is 7.89. The second kappa shape index (κ2) is 6.46. The molecule has 0 saturated carbocycles. The van der Waals surface area contributed by atoms with Gasteiger partial charge in [-0.15, -0.1) is 11.3 Å². The Morgan fingerprint density at radius 3 is 2.86 bits per heavy atom. The second-order valence-corrected chi connectivity index (χ2v) is 9.01. The van der Waals surface area contributed by atoms with Crippen molar-refractivity contribution < 1.29 is 13.2 Å². The Bertz CT molecular complexity index is 622. The van der Waals surface area contributed by atoms with Crippen molar-refractivity contribution in [2.24, 2.45) is 0 Å². The number of aryl methyl sites for hydroxylation is 1. The van der Waals surface area contributed by atoms with Crippen molar-refractivity contribution >= 4 is 27.1 Å². The molecule has 21 heavy (non-hydrogen) atoms.